The minimum Gasteiger partial charge on any atom is -0.491 e. The van der Waals surface area contributed by atoms with Crippen LogP contribution >= 0.6 is 11.3 Å². The quantitative estimate of drug-likeness (QED) is 0.601. The zero-order valence-corrected chi connectivity index (χ0v) is 19.1. The van der Waals surface area contributed by atoms with Crippen molar-refractivity contribution in [2.24, 2.45) is 0 Å². The van der Waals surface area contributed by atoms with Crippen molar-refractivity contribution in [3.8, 4) is 5.75 Å². The molecule has 2 aromatic rings. The topological polar surface area (TPSA) is 59.1 Å². The third-order valence-electron chi connectivity index (χ3n) is 6.07. The Labute approximate surface area is 191 Å². The van der Waals surface area contributed by atoms with Crippen molar-refractivity contribution >= 4 is 23.2 Å². The number of hydrogen-bond donors (Lipinski definition) is 0. The molecule has 2 aliphatic rings. The van der Waals surface area contributed by atoms with E-state index in [2.05, 4.69) is 0 Å². The van der Waals surface area contributed by atoms with Gasteiger partial charge in [-0.25, -0.2) is 4.39 Å². The summed E-state index contributed by atoms with van der Waals surface area (Å²) in [5.41, 5.74) is 1.09. The summed E-state index contributed by atoms with van der Waals surface area (Å²) in [5, 5.41) is 2.04. The fourth-order valence-electron chi connectivity index (χ4n) is 4.35. The second-order valence-corrected chi connectivity index (χ2v) is 9.18. The molecule has 1 fully saturated rings. The molecule has 0 radical (unpaired) electrons. The molecule has 8 heteroatoms. The van der Waals surface area contributed by atoms with Gasteiger partial charge in [-0.3, -0.25) is 9.59 Å². The van der Waals surface area contributed by atoms with Gasteiger partial charge in [-0.1, -0.05) is 6.92 Å². The van der Waals surface area contributed by atoms with E-state index in [1.807, 2.05) is 23.3 Å². The molecule has 0 aliphatic carbocycles. The maximum Gasteiger partial charge on any atom is 0.242 e. The van der Waals surface area contributed by atoms with Gasteiger partial charge < -0.3 is 19.3 Å². The number of thiophene rings is 1. The molecule has 4 rings (SSSR count). The molecule has 2 unspecified atom stereocenters. The zero-order valence-electron chi connectivity index (χ0n) is 18.3. The van der Waals surface area contributed by atoms with Crippen LogP contribution in [-0.4, -0.2) is 60.6 Å². The molecule has 0 N–H and O–H groups in total. The van der Waals surface area contributed by atoms with Crippen molar-refractivity contribution in [1.82, 2.24) is 9.80 Å². The van der Waals surface area contributed by atoms with Gasteiger partial charge in [0.1, 0.15) is 18.2 Å². The first-order valence-electron chi connectivity index (χ1n) is 11.2. The second-order valence-electron chi connectivity index (χ2n) is 8.18. The van der Waals surface area contributed by atoms with Crippen molar-refractivity contribution < 1.29 is 23.5 Å². The van der Waals surface area contributed by atoms with E-state index in [1.54, 1.807) is 28.4 Å². The van der Waals surface area contributed by atoms with Crippen LogP contribution in [-0.2, 0) is 20.7 Å². The Morgan fingerprint density at radius 3 is 2.81 bits per heavy atom. The standard InChI is InChI=1S/C24H29FN2O4S/c1-2-23(28)26(14-19-4-3-12-30-19)15-24(29)27-11-9-22-20(10-13-32-22)21(27)16-31-18-7-5-17(25)6-8-18/h5-8,10,13,19,21H,2-4,9,11-12,14-16H2,1H3. The average Bonchev–Trinajstić information content (AvgIpc) is 3.49. The number of rotatable bonds is 8. The predicted molar refractivity (Wildman–Crippen MR) is 120 cm³/mol. The SMILES string of the molecule is CCC(=O)N(CC(=O)N1CCc2sccc2C1COc1ccc(F)cc1)CC1CCCO1. The summed E-state index contributed by atoms with van der Waals surface area (Å²) < 4.78 is 24.8. The Balaban J connectivity index is 1.47. The lowest BCUT2D eigenvalue weighted by atomic mass is 10.0. The van der Waals surface area contributed by atoms with Crippen molar-refractivity contribution in [1.29, 1.82) is 0 Å². The van der Waals surface area contributed by atoms with E-state index in [4.69, 9.17) is 9.47 Å². The maximum atomic E-state index is 13.4. The highest BCUT2D eigenvalue weighted by molar-refractivity contribution is 7.10. The third kappa shape index (κ3) is 5.30. The van der Waals surface area contributed by atoms with Gasteiger partial charge in [0.15, 0.2) is 0 Å². The lowest BCUT2D eigenvalue weighted by Crippen LogP contribution is -2.49. The van der Waals surface area contributed by atoms with E-state index in [1.165, 1.54) is 17.0 Å². The molecule has 0 spiro atoms. The lowest BCUT2D eigenvalue weighted by molar-refractivity contribution is -0.143. The Hall–Kier alpha value is -2.45. The number of benzene rings is 1. The van der Waals surface area contributed by atoms with Crippen LogP contribution in [0.3, 0.4) is 0 Å². The van der Waals surface area contributed by atoms with Crippen LogP contribution in [0.5, 0.6) is 5.75 Å². The second kappa shape index (κ2) is 10.4. The van der Waals surface area contributed by atoms with E-state index in [9.17, 15) is 14.0 Å². The van der Waals surface area contributed by atoms with Crippen molar-refractivity contribution in [3.63, 3.8) is 0 Å². The number of amides is 2. The molecule has 1 saturated heterocycles. The molecule has 2 amide bonds. The molecule has 3 heterocycles. The van der Waals surface area contributed by atoms with Gasteiger partial charge in [0.25, 0.3) is 0 Å². The van der Waals surface area contributed by atoms with Gasteiger partial charge in [-0.05, 0) is 60.5 Å². The minimum absolute atomic E-state index is 0.000684. The molecular weight excluding hydrogens is 431 g/mol. The highest BCUT2D eigenvalue weighted by Crippen LogP contribution is 2.34. The number of carbonyl (C=O) groups is 2. The molecule has 2 aliphatic heterocycles. The smallest absolute Gasteiger partial charge is 0.242 e. The van der Waals surface area contributed by atoms with Gasteiger partial charge in [0, 0.05) is 31.0 Å². The summed E-state index contributed by atoms with van der Waals surface area (Å²) in [7, 11) is 0. The summed E-state index contributed by atoms with van der Waals surface area (Å²) in [5.74, 6) is 0.108. The van der Waals surface area contributed by atoms with E-state index in [-0.39, 0.29) is 42.9 Å². The summed E-state index contributed by atoms with van der Waals surface area (Å²) >= 11 is 1.69. The number of hydrogen-bond acceptors (Lipinski definition) is 5. The minimum atomic E-state index is -0.320. The molecule has 6 nitrogen and oxygen atoms in total. The molecule has 2 atom stereocenters. The number of carbonyl (C=O) groups excluding carboxylic acids is 2. The van der Waals surface area contributed by atoms with Gasteiger partial charge in [0.05, 0.1) is 18.7 Å². The summed E-state index contributed by atoms with van der Waals surface area (Å²) in [4.78, 5) is 30.6. The van der Waals surface area contributed by atoms with E-state index in [0.717, 1.165) is 24.8 Å². The van der Waals surface area contributed by atoms with Crippen molar-refractivity contribution in [2.45, 2.75) is 44.8 Å². The van der Waals surface area contributed by atoms with Crippen LogP contribution in [0.25, 0.3) is 0 Å². The highest BCUT2D eigenvalue weighted by atomic mass is 32.1. The fraction of sp³-hybridized carbons (Fsp3) is 0.500. The van der Waals surface area contributed by atoms with Crippen LogP contribution in [0.1, 0.15) is 42.7 Å². The fourth-order valence-corrected chi connectivity index (χ4v) is 5.28. The van der Waals surface area contributed by atoms with E-state index in [0.29, 0.717) is 31.9 Å². The van der Waals surface area contributed by atoms with E-state index >= 15 is 0 Å². The van der Waals surface area contributed by atoms with Gasteiger partial charge in [-0.15, -0.1) is 11.3 Å². The van der Waals surface area contributed by atoms with Gasteiger partial charge in [0.2, 0.25) is 11.8 Å². The largest absolute Gasteiger partial charge is 0.491 e. The monoisotopic (exact) mass is 460 g/mol. The zero-order chi connectivity index (χ0) is 22.5. The maximum absolute atomic E-state index is 13.4. The number of ether oxygens (including phenoxy) is 2. The first-order valence-corrected chi connectivity index (χ1v) is 12.1. The van der Waals surface area contributed by atoms with E-state index < -0.39 is 0 Å². The molecule has 0 bridgehead atoms. The molecule has 0 saturated carbocycles. The first kappa shape index (κ1) is 22.7. The van der Waals surface area contributed by atoms with Crippen molar-refractivity contribution in [2.75, 3.05) is 32.8 Å². The normalized spacial score (nSPS) is 20.1. The number of halogens is 1. The van der Waals surface area contributed by atoms with Crippen LogP contribution in [0, 0.1) is 5.82 Å². The van der Waals surface area contributed by atoms with Crippen LogP contribution in [0.4, 0.5) is 4.39 Å². The van der Waals surface area contributed by atoms with Crippen LogP contribution in [0.2, 0.25) is 0 Å². The average molecular weight is 461 g/mol. The Kier molecular flexibility index (Phi) is 7.42. The van der Waals surface area contributed by atoms with Crippen LogP contribution < -0.4 is 4.74 Å². The van der Waals surface area contributed by atoms with Gasteiger partial charge >= 0.3 is 0 Å². The number of nitrogens with zero attached hydrogens (tertiary/aromatic N) is 2. The first-order chi connectivity index (χ1) is 15.5. The van der Waals surface area contributed by atoms with Crippen LogP contribution in [0.15, 0.2) is 35.7 Å². The molecular formula is C24H29FN2O4S. The molecule has 32 heavy (non-hydrogen) atoms. The van der Waals surface area contributed by atoms with Gasteiger partial charge in [-0.2, -0.15) is 0 Å². The number of fused-ring (bicyclic) bond motifs is 1. The molecule has 1 aromatic carbocycles. The lowest BCUT2D eigenvalue weighted by Gasteiger charge is -2.37. The molecule has 1 aromatic heterocycles. The molecule has 172 valence electrons. The Morgan fingerprint density at radius 2 is 2.09 bits per heavy atom. The Bertz CT molecular complexity index is 926. The third-order valence-corrected chi connectivity index (χ3v) is 7.06. The summed E-state index contributed by atoms with van der Waals surface area (Å²) in [6.45, 7) is 3.87. The van der Waals surface area contributed by atoms with Crippen molar-refractivity contribution in [3.05, 3.63) is 52.0 Å². The summed E-state index contributed by atoms with van der Waals surface area (Å²) in [6, 6.07) is 7.68. The highest BCUT2D eigenvalue weighted by Gasteiger charge is 2.34. The predicted octanol–water partition coefficient (Wildman–Crippen LogP) is 3.81. The Morgan fingerprint density at radius 1 is 1.28 bits per heavy atom. The summed E-state index contributed by atoms with van der Waals surface area (Å²) in [6.07, 6.45) is 3.05.